The summed E-state index contributed by atoms with van der Waals surface area (Å²) in [7, 11) is -0.356. The van der Waals surface area contributed by atoms with Crippen molar-refractivity contribution in [2.75, 3.05) is 0 Å². The van der Waals surface area contributed by atoms with Gasteiger partial charge in [0.25, 0.3) is 0 Å². The SMILES string of the molecule is CC1(C)OB(c2ccc(C=Cc3ccc4c(c3)Oc3ccccc3C4O)cc2)OC1(C)C. The van der Waals surface area contributed by atoms with E-state index in [1.807, 2.05) is 60.7 Å². The highest BCUT2D eigenvalue weighted by molar-refractivity contribution is 6.62. The van der Waals surface area contributed by atoms with Gasteiger partial charge >= 0.3 is 7.12 Å². The van der Waals surface area contributed by atoms with Crippen LogP contribution in [0.3, 0.4) is 0 Å². The summed E-state index contributed by atoms with van der Waals surface area (Å²) in [5, 5.41) is 10.7. The maximum atomic E-state index is 10.7. The van der Waals surface area contributed by atoms with Crippen LogP contribution in [-0.2, 0) is 9.31 Å². The molecule has 1 N–H and O–H groups in total. The second-order valence-corrected chi connectivity index (χ2v) is 9.43. The fraction of sp³-hybridized carbons (Fsp3) is 0.259. The van der Waals surface area contributed by atoms with E-state index in [1.54, 1.807) is 0 Å². The van der Waals surface area contributed by atoms with Crippen LogP contribution in [0, 0.1) is 0 Å². The highest BCUT2D eigenvalue weighted by Crippen LogP contribution is 2.43. The van der Waals surface area contributed by atoms with Crippen molar-refractivity contribution in [3.63, 3.8) is 0 Å². The first-order valence-electron chi connectivity index (χ1n) is 11.0. The number of rotatable bonds is 3. The molecule has 0 aromatic heterocycles. The Morgan fingerprint density at radius 3 is 2.06 bits per heavy atom. The molecule has 0 amide bonds. The van der Waals surface area contributed by atoms with E-state index in [9.17, 15) is 5.11 Å². The largest absolute Gasteiger partial charge is 0.494 e. The number of aliphatic hydroxyl groups is 1. The van der Waals surface area contributed by atoms with E-state index < -0.39 is 6.10 Å². The molecule has 4 nitrogen and oxygen atoms in total. The number of para-hydroxylation sites is 1. The van der Waals surface area contributed by atoms with Crippen LogP contribution in [0.25, 0.3) is 12.2 Å². The Morgan fingerprint density at radius 1 is 0.750 bits per heavy atom. The van der Waals surface area contributed by atoms with Gasteiger partial charge in [-0.3, -0.25) is 0 Å². The van der Waals surface area contributed by atoms with Crippen molar-refractivity contribution < 1.29 is 19.2 Å². The van der Waals surface area contributed by atoms with E-state index in [-0.39, 0.29) is 18.3 Å². The van der Waals surface area contributed by atoms with E-state index in [0.717, 1.165) is 27.7 Å². The first kappa shape index (κ1) is 21.0. The Balaban J connectivity index is 1.32. The van der Waals surface area contributed by atoms with Crippen molar-refractivity contribution >= 4 is 24.7 Å². The highest BCUT2D eigenvalue weighted by atomic mass is 16.7. The average Bonchev–Trinajstić information content (AvgIpc) is 2.99. The summed E-state index contributed by atoms with van der Waals surface area (Å²) >= 11 is 0. The molecule has 5 heteroatoms. The molecule has 1 fully saturated rings. The minimum Gasteiger partial charge on any atom is -0.457 e. The number of aliphatic hydroxyl groups excluding tert-OH is 1. The monoisotopic (exact) mass is 426 g/mol. The van der Waals surface area contributed by atoms with E-state index in [2.05, 4.69) is 45.9 Å². The molecule has 1 saturated heterocycles. The Labute approximate surface area is 189 Å². The summed E-state index contributed by atoms with van der Waals surface area (Å²) in [5.74, 6) is 1.39. The molecule has 2 heterocycles. The number of hydrogen-bond donors (Lipinski definition) is 1. The van der Waals surface area contributed by atoms with Crippen molar-refractivity contribution in [2.45, 2.75) is 45.0 Å². The molecule has 2 aliphatic rings. The van der Waals surface area contributed by atoms with Crippen LogP contribution in [-0.4, -0.2) is 23.4 Å². The molecule has 1 unspecified atom stereocenters. The van der Waals surface area contributed by atoms with Crippen LogP contribution in [0.1, 0.15) is 56.1 Å². The third-order valence-electron chi connectivity index (χ3n) is 6.70. The Morgan fingerprint density at radius 2 is 1.34 bits per heavy atom. The molecular formula is C27H27BO4. The lowest BCUT2D eigenvalue weighted by atomic mass is 9.79. The van der Waals surface area contributed by atoms with Gasteiger partial charge in [0.05, 0.1) is 11.2 Å². The second kappa shape index (κ2) is 7.63. The number of benzene rings is 3. The number of ether oxygens (including phenoxy) is 1. The molecule has 3 aromatic carbocycles. The zero-order valence-corrected chi connectivity index (χ0v) is 18.8. The van der Waals surface area contributed by atoms with Crippen molar-refractivity contribution in [3.05, 3.63) is 89.0 Å². The molecule has 0 saturated carbocycles. The van der Waals surface area contributed by atoms with Crippen LogP contribution < -0.4 is 10.2 Å². The number of hydrogen-bond acceptors (Lipinski definition) is 4. The van der Waals surface area contributed by atoms with Gasteiger partial charge in [0, 0.05) is 11.1 Å². The third-order valence-corrected chi connectivity index (χ3v) is 6.70. The molecule has 0 bridgehead atoms. The number of fused-ring (bicyclic) bond motifs is 2. The first-order valence-corrected chi connectivity index (χ1v) is 11.0. The van der Waals surface area contributed by atoms with Crippen molar-refractivity contribution in [3.8, 4) is 11.5 Å². The zero-order chi connectivity index (χ0) is 22.5. The van der Waals surface area contributed by atoms with Crippen molar-refractivity contribution in [1.82, 2.24) is 0 Å². The normalized spacial score (nSPS) is 20.7. The lowest BCUT2D eigenvalue weighted by Crippen LogP contribution is -2.41. The van der Waals surface area contributed by atoms with Gasteiger partial charge in [-0.25, -0.2) is 0 Å². The minimum absolute atomic E-state index is 0.348. The lowest BCUT2D eigenvalue weighted by molar-refractivity contribution is 0.00578. The van der Waals surface area contributed by atoms with Crippen molar-refractivity contribution in [2.24, 2.45) is 0 Å². The molecule has 2 aliphatic heterocycles. The van der Waals surface area contributed by atoms with E-state index in [4.69, 9.17) is 14.0 Å². The third kappa shape index (κ3) is 3.67. The molecule has 1 atom stereocenters. The standard InChI is InChI=1S/C27H27BO4/c1-26(2)27(3,4)32-28(31-26)20-14-11-18(12-15-20)9-10-19-13-16-22-24(17-19)30-23-8-6-5-7-21(23)25(22)29/h5-17,25,29H,1-4H3. The summed E-state index contributed by atoms with van der Waals surface area (Å²) in [5.41, 5.74) is 3.98. The highest BCUT2D eigenvalue weighted by Gasteiger charge is 2.51. The van der Waals surface area contributed by atoms with Crippen LogP contribution in [0.4, 0.5) is 0 Å². The van der Waals surface area contributed by atoms with Crippen LogP contribution >= 0.6 is 0 Å². The fourth-order valence-electron chi connectivity index (χ4n) is 3.99. The molecule has 32 heavy (non-hydrogen) atoms. The first-order chi connectivity index (χ1) is 15.2. The predicted octanol–water partition coefficient (Wildman–Crippen LogP) is 5.34. The topological polar surface area (TPSA) is 47.9 Å². The summed E-state index contributed by atoms with van der Waals surface area (Å²) in [6, 6.07) is 21.7. The van der Waals surface area contributed by atoms with Crippen LogP contribution in [0.2, 0.25) is 0 Å². The Bertz CT molecular complexity index is 1160. The average molecular weight is 426 g/mol. The lowest BCUT2D eigenvalue weighted by Gasteiger charge is -2.32. The molecule has 0 spiro atoms. The maximum Gasteiger partial charge on any atom is 0.494 e. The second-order valence-electron chi connectivity index (χ2n) is 9.43. The molecule has 3 aromatic rings. The van der Waals surface area contributed by atoms with Gasteiger partial charge in [0.2, 0.25) is 0 Å². The van der Waals surface area contributed by atoms with E-state index >= 15 is 0 Å². The van der Waals surface area contributed by atoms with Gasteiger partial charge in [0.1, 0.15) is 17.6 Å². The van der Waals surface area contributed by atoms with Gasteiger partial charge in [-0.1, -0.05) is 66.7 Å². The molecule has 5 rings (SSSR count). The van der Waals surface area contributed by atoms with Gasteiger partial charge in [-0.2, -0.15) is 0 Å². The summed E-state index contributed by atoms with van der Waals surface area (Å²) in [6.07, 6.45) is 3.43. The Hall–Kier alpha value is -2.86. The summed E-state index contributed by atoms with van der Waals surface area (Å²) in [6.45, 7) is 8.24. The van der Waals surface area contributed by atoms with Gasteiger partial charge in [0.15, 0.2) is 0 Å². The van der Waals surface area contributed by atoms with Gasteiger partial charge < -0.3 is 19.2 Å². The van der Waals surface area contributed by atoms with Gasteiger partial charge in [-0.15, -0.1) is 0 Å². The van der Waals surface area contributed by atoms with Crippen LogP contribution in [0.5, 0.6) is 11.5 Å². The zero-order valence-electron chi connectivity index (χ0n) is 18.8. The fourth-order valence-corrected chi connectivity index (χ4v) is 3.99. The molecule has 0 aliphatic carbocycles. The molecular weight excluding hydrogens is 399 g/mol. The van der Waals surface area contributed by atoms with Gasteiger partial charge in [-0.05, 0) is 56.4 Å². The smallest absolute Gasteiger partial charge is 0.457 e. The van der Waals surface area contributed by atoms with Crippen LogP contribution in [0.15, 0.2) is 66.7 Å². The molecule has 162 valence electrons. The quantitative estimate of drug-likeness (QED) is 0.454. The van der Waals surface area contributed by atoms with E-state index in [1.165, 1.54) is 0 Å². The maximum absolute atomic E-state index is 10.7. The van der Waals surface area contributed by atoms with Crippen molar-refractivity contribution in [1.29, 1.82) is 0 Å². The van der Waals surface area contributed by atoms with E-state index in [0.29, 0.717) is 11.5 Å². The Kier molecular flexibility index (Phi) is 5.01. The summed E-state index contributed by atoms with van der Waals surface area (Å²) < 4.78 is 18.3. The predicted molar refractivity (Wildman–Crippen MR) is 128 cm³/mol. The summed E-state index contributed by atoms with van der Waals surface area (Å²) in [4.78, 5) is 0. The minimum atomic E-state index is -0.671. The molecule has 0 radical (unpaired) electrons.